The van der Waals surface area contributed by atoms with Crippen LogP contribution in [0, 0.1) is 6.92 Å². The fourth-order valence-electron chi connectivity index (χ4n) is 3.76. The van der Waals surface area contributed by atoms with Crippen LogP contribution in [0.2, 0.25) is 0 Å². The van der Waals surface area contributed by atoms with Gasteiger partial charge >= 0.3 is 0 Å². The number of nitrogens with two attached hydrogens (primary N) is 1. The Labute approximate surface area is 191 Å². The number of anilines is 1. The van der Waals surface area contributed by atoms with Crippen LogP contribution in [0.25, 0.3) is 21.5 Å². The van der Waals surface area contributed by atoms with Crippen molar-refractivity contribution in [3.63, 3.8) is 0 Å². The third kappa shape index (κ3) is 3.97. The molecule has 4 aromatic rings. The molecule has 1 aliphatic carbocycles. The molecule has 0 aliphatic heterocycles. The minimum Gasteiger partial charge on any atom is -0.365 e. The van der Waals surface area contributed by atoms with Gasteiger partial charge in [-0.2, -0.15) is 5.10 Å². The molecule has 1 aliphatic rings. The molecule has 0 radical (unpaired) electrons. The average molecular weight is 468 g/mol. The molecular formula is C23H19F2N5O2S. The number of carbonyl (C=O) groups excluding carboxylic acids is 2. The average Bonchev–Trinajstić information content (AvgIpc) is 3.39. The fourth-order valence-corrected chi connectivity index (χ4v) is 4.78. The zero-order chi connectivity index (χ0) is 23.3. The predicted octanol–water partition coefficient (Wildman–Crippen LogP) is 5.16. The van der Waals surface area contributed by atoms with Crippen molar-refractivity contribution in [3.05, 3.63) is 63.8 Å². The maximum absolute atomic E-state index is 13.4. The number of primary amides is 1. The number of H-pyrrole nitrogens is 1. The normalized spacial score (nSPS) is 13.6. The number of nitrogens with zero attached hydrogens (tertiary/aromatic N) is 2. The number of alkyl halides is 2. The van der Waals surface area contributed by atoms with Crippen LogP contribution in [0.15, 0.2) is 36.4 Å². The van der Waals surface area contributed by atoms with Gasteiger partial charge in [0.05, 0.1) is 11.4 Å². The van der Waals surface area contributed by atoms with E-state index in [0.29, 0.717) is 16.6 Å². The quantitative estimate of drug-likeness (QED) is 0.363. The Morgan fingerprint density at radius 2 is 1.94 bits per heavy atom. The lowest BCUT2D eigenvalue weighted by molar-refractivity contribution is 0.100. The summed E-state index contributed by atoms with van der Waals surface area (Å²) in [5.41, 5.74) is 8.77. The number of hydrogen-bond donors (Lipinski definition) is 3. The van der Waals surface area contributed by atoms with E-state index < -0.39 is 18.2 Å². The van der Waals surface area contributed by atoms with Gasteiger partial charge in [0.25, 0.3) is 18.2 Å². The van der Waals surface area contributed by atoms with Crippen molar-refractivity contribution in [2.24, 2.45) is 5.73 Å². The molecule has 7 nitrogen and oxygen atoms in total. The Balaban J connectivity index is 1.54. The molecule has 3 heterocycles. The summed E-state index contributed by atoms with van der Waals surface area (Å²) in [4.78, 5) is 29.5. The molecular weight excluding hydrogens is 448 g/mol. The number of aromatic amines is 1. The number of pyridine rings is 1. The Bertz CT molecular complexity index is 1390. The van der Waals surface area contributed by atoms with Crippen LogP contribution < -0.4 is 11.1 Å². The largest absolute Gasteiger partial charge is 0.365 e. The maximum Gasteiger partial charge on any atom is 0.280 e. The number of amides is 2. The first-order chi connectivity index (χ1) is 15.8. The van der Waals surface area contributed by atoms with E-state index in [1.807, 2.05) is 31.2 Å². The molecule has 168 valence electrons. The molecule has 3 aromatic heterocycles. The second-order valence-corrected chi connectivity index (χ2v) is 9.05. The molecule has 0 atom stereocenters. The van der Waals surface area contributed by atoms with Crippen LogP contribution >= 0.6 is 11.3 Å². The molecule has 1 aromatic carbocycles. The molecule has 2 amide bonds. The number of carbonyl (C=O) groups is 2. The first-order valence-corrected chi connectivity index (χ1v) is 11.1. The van der Waals surface area contributed by atoms with E-state index in [2.05, 4.69) is 20.5 Å². The number of nitrogens with one attached hydrogen (secondary N) is 2. The van der Waals surface area contributed by atoms with Crippen molar-refractivity contribution >= 4 is 39.1 Å². The molecule has 5 rings (SSSR count). The van der Waals surface area contributed by atoms with E-state index >= 15 is 0 Å². The number of hydrogen-bond acceptors (Lipinski definition) is 5. The summed E-state index contributed by atoms with van der Waals surface area (Å²) in [7, 11) is 0. The second-order valence-electron chi connectivity index (χ2n) is 8.05. The molecule has 0 bridgehead atoms. The Morgan fingerprint density at radius 1 is 1.21 bits per heavy atom. The van der Waals surface area contributed by atoms with Gasteiger partial charge < -0.3 is 11.1 Å². The van der Waals surface area contributed by atoms with Gasteiger partial charge in [0.2, 0.25) is 0 Å². The monoisotopic (exact) mass is 467 g/mol. The molecule has 4 N–H and O–H groups in total. The summed E-state index contributed by atoms with van der Waals surface area (Å²) in [6, 6.07) is 10.7. The topological polar surface area (TPSA) is 114 Å². The summed E-state index contributed by atoms with van der Waals surface area (Å²) in [6.07, 6.45) is -1.05. The summed E-state index contributed by atoms with van der Waals surface area (Å²) in [5.74, 6) is -1.21. The molecule has 0 spiro atoms. The SMILES string of the molecule is Cc1ccc(-c2cc(C(=O)Nc3c(C(N)=O)sc4nc(C(F)F)cc(C5CC5)c34)[nH]n2)cc1. The van der Waals surface area contributed by atoms with Gasteiger partial charge in [0, 0.05) is 10.9 Å². The van der Waals surface area contributed by atoms with Crippen molar-refractivity contribution in [3.8, 4) is 11.3 Å². The summed E-state index contributed by atoms with van der Waals surface area (Å²) in [5, 5.41) is 10.2. The van der Waals surface area contributed by atoms with Crippen LogP contribution in [-0.4, -0.2) is 27.0 Å². The number of rotatable bonds is 6. The van der Waals surface area contributed by atoms with Crippen LogP contribution in [-0.2, 0) is 0 Å². The van der Waals surface area contributed by atoms with Crippen molar-refractivity contribution in [2.75, 3.05) is 5.32 Å². The summed E-state index contributed by atoms with van der Waals surface area (Å²) >= 11 is 0.904. The van der Waals surface area contributed by atoms with Gasteiger partial charge in [0.15, 0.2) is 0 Å². The van der Waals surface area contributed by atoms with Crippen LogP contribution in [0.3, 0.4) is 0 Å². The van der Waals surface area contributed by atoms with E-state index in [4.69, 9.17) is 5.73 Å². The minimum absolute atomic E-state index is 0.0671. The highest BCUT2D eigenvalue weighted by Gasteiger charge is 2.32. The lowest BCUT2D eigenvalue weighted by atomic mass is 10.0. The van der Waals surface area contributed by atoms with Crippen molar-refractivity contribution in [1.82, 2.24) is 15.2 Å². The Kier molecular flexibility index (Phi) is 5.16. The van der Waals surface area contributed by atoms with Gasteiger partial charge in [-0.1, -0.05) is 29.8 Å². The number of aromatic nitrogens is 3. The van der Waals surface area contributed by atoms with E-state index in [0.717, 1.165) is 35.3 Å². The van der Waals surface area contributed by atoms with Gasteiger partial charge in [-0.15, -0.1) is 11.3 Å². The Morgan fingerprint density at radius 3 is 2.58 bits per heavy atom. The zero-order valence-electron chi connectivity index (χ0n) is 17.5. The second kappa shape index (κ2) is 8.04. The zero-order valence-corrected chi connectivity index (χ0v) is 18.3. The molecule has 33 heavy (non-hydrogen) atoms. The van der Waals surface area contributed by atoms with Gasteiger partial charge in [-0.25, -0.2) is 13.8 Å². The highest BCUT2D eigenvalue weighted by molar-refractivity contribution is 7.21. The van der Waals surface area contributed by atoms with Gasteiger partial charge in [0.1, 0.15) is 21.1 Å². The lowest BCUT2D eigenvalue weighted by Gasteiger charge is -2.09. The van der Waals surface area contributed by atoms with Crippen LogP contribution in [0.1, 0.15) is 62.2 Å². The van der Waals surface area contributed by atoms with Crippen molar-refractivity contribution in [2.45, 2.75) is 32.1 Å². The first-order valence-electron chi connectivity index (χ1n) is 10.3. The Hall–Kier alpha value is -3.66. The fraction of sp³-hybridized carbons (Fsp3) is 0.217. The van der Waals surface area contributed by atoms with Gasteiger partial charge in [-0.05, 0) is 43.4 Å². The van der Waals surface area contributed by atoms with Gasteiger partial charge in [-0.3, -0.25) is 14.7 Å². The van der Waals surface area contributed by atoms with E-state index in [1.54, 1.807) is 6.07 Å². The smallest absolute Gasteiger partial charge is 0.280 e. The minimum atomic E-state index is -2.74. The number of thiophene rings is 1. The molecule has 0 saturated heterocycles. The molecule has 1 fully saturated rings. The highest BCUT2D eigenvalue weighted by atomic mass is 32.1. The number of aryl methyl sites for hydroxylation is 1. The first kappa shape index (κ1) is 21.2. The highest BCUT2D eigenvalue weighted by Crippen LogP contribution is 2.48. The molecule has 10 heteroatoms. The van der Waals surface area contributed by atoms with Crippen LogP contribution in [0.5, 0.6) is 0 Å². The number of benzene rings is 1. The standard InChI is InChI=1S/C23H19F2N5O2S/c1-10-2-4-12(5-3-10)14-9-16(30-29-14)22(32)28-18-17-13(11-6-7-11)8-15(20(24)25)27-23(17)33-19(18)21(26)31/h2-5,8-9,11,20H,6-7H2,1H3,(H2,26,31)(H,28,32)(H,29,30). The molecule has 1 saturated carbocycles. The van der Waals surface area contributed by atoms with E-state index in [-0.39, 0.29) is 32.7 Å². The third-order valence-electron chi connectivity index (χ3n) is 5.59. The number of halogens is 2. The van der Waals surface area contributed by atoms with E-state index in [9.17, 15) is 18.4 Å². The molecule has 0 unspecified atom stereocenters. The maximum atomic E-state index is 13.4. The van der Waals surface area contributed by atoms with E-state index in [1.165, 1.54) is 6.07 Å². The number of fused-ring (bicyclic) bond motifs is 1. The summed E-state index contributed by atoms with van der Waals surface area (Å²) in [6.45, 7) is 1.98. The van der Waals surface area contributed by atoms with Crippen LogP contribution in [0.4, 0.5) is 14.5 Å². The predicted molar refractivity (Wildman–Crippen MR) is 122 cm³/mol. The lowest BCUT2D eigenvalue weighted by Crippen LogP contribution is -2.17. The van der Waals surface area contributed by atoms with Crippen molar-refractivity contribution in [1.29, 1.82) is 0 Å². The third-order valence-corrected chi connectivity index (χ3v) is 6.68. The summed E-state index contributed by atoms with van der Waals surface area (Å²) < 4.78 is 26.8. The van der Waals surface area contributed by atoms with Crippen molar-refractivity contribution < 1.29 is 18.4 Å².